The van der Waals surface area contributed by atoms with Crippen molar-refractivity contribution in [2.45, 2.75) is 52.1 Å². The van der Waals surface area contributed by atoms with Crippen LogP contribution in [0.3, 0.4) is 0 Å². The minimum atomic E-state index is 0.108. The van der Waals surface area contributed by atoms with Gasteiger partial charge in [-0.3, -0.25) is 14.5 Å². The Morgan fingerprint density at radius 2 is 1.96 bits per heavy atom. The van der Waals surface area contributed by atoms with Crippen LogP contribution in [0.2, 0.25) is 0 Å². The summed E-state index contributed by atoms with van der Waals surface area (Å²) in [6, 6.07) is 6.32. The van der Waals surface area contributed by atoms with Crippen molar-refractivity contribution in [1.29, 1.82) is 0 Å². The second-order valence-electron chi connectivity index (χ2n) is 9.22. The first-order valence-electron chi connectivity index (χ1n) is 10.6. The van der Waals surface area contributed by atoms with E-state index in [1.54, 1.807) is 6.07 Å². The van der Waals surface area contributed by atoms with E-state index in [4.69, 9.17) is 0 Å². The highest BCUT2D eigenvalue weighted by Crippen LogP contribution is 2.38. The minimum Gasteiger partial charge on any atom is -0.357 e. The number of nitrogens with one attached hydrogen (secondary N) is 1. The second kappa shape index (κ2) is 6.73. The number of benzene rings is 1. The summed E-state index contributed by atoms with van der Waals surface area (Å²) in [6.07, 6.45) is 4.18. The number of nitrogens with zero attached hydrogens (tertiary/aromatic N) is 2. The van der Waals surface area contributed by atoms with Crippen molar-refractivity contribution in [3.05, 3.63) is 45.2 Å². The Morgan fingerprint density at radius 3 is 2.82 bits per heavy atom. The van der Waals surface area contributed by atoms with Crippen molar-refractivity contribution < 1.29 is 4.79 Å². The van der Waals surface area contributed by atoms with Crippen LogP contribution in [0, 0.1) is 25.7 Å². The van der Waals surface area contributed by atoms with Gasteiger partial charge >= 0.3 is 0 Å². The summed E-state index contributed by atoms with van der Waals surface area (Å²) in [5.74, 6) is 1.51. The summed E-state index contributed by atoms with van der Waals surface area (Å²) in [6.45, 7) is 7.84. The molecule has 3 fully saturated rings. The lowest BCUT2D eigenvalue weighted by molar-refractivity contribution is -0.145. The third-order valence-corrected chi connectivity index (χ3v) is 6.99. The maximum Gasteiger partial charge on any atom is 0.222 e. The van der Waals surface area contributed by atoms with Gasteiger partial charge in [0.05, 0.1) is 5.52 Å². The van der Waals surface area contributed by atoms with E-state index in [1.807, 2.05) is 13.0 Å². The number of hydrogen-bond acceptors (Lipinski definition) is 3. The van der Waals surface area contributed by atoms with Crippen molar-refractivity contribution in [1.82, 2.24) is 14.8 Å². The maximum atomic E-state index is 12.7. The van der Waals surface area contributed by atoms with Gasteiger partial charge in [-0.1, -0.05) is 6.07 Å². The number of piperidine rings is 3. The zero-order valence-corrected chi connectivity index (χ0v) is 16.8. The van der Waals surface area contributed by atoms with Crippen LogP contribution in [0.4, 0.5) is 0 Å². The Labute approximate surface area is 165 Å². The van der Waals surface area contributed by atoms with E-state index in [0.29, 0.717) is 23.8 Å². The van der Waals surface area contributed by atoms with E-state index < -0.39 is 0 Å². The van der Waals surface area contributed by atoms with E-state index in [0.717, 1.165) is 73.2 Å². The fraction of sp³-hybridized carbons (Fsp3) is 0.565. The molecule has 0 spiro atoms. The largest absolute Gasteiger partial charge is 0.357 e. The molecular weight excluding hydrogens is 350 g/mol. The quantitative estimate of drug-likeness (QED) is 0.873. The van der Waals surface area contributed by atoms with Gasteiger partial charge in [-0.15, -0.1) is 0 Å². The standard InChI is InChI=1S/C23H29N3O2/c1-14-6-15(2)23-19(7-14)21(27)9-18(24-23)13-25-10-16-8-17(12-25)20-4-3-5-22(28)26(20)11-16/h6-7,9,16-17,20H,3-5,8,10-13H2,1-2H3,(H,24,27)/t16?,17?,20-/m0/s1. The molecule has 1 aromatic heterocycles. The Balaban J connectivity index is 1.39. The molecule has 5 nitrogen and oxygen atoms in total. The van der Waals surface area contributed by atoms with Gasteiger partial charge in [-0.05, 0) is 62.1 Å². The van der Waals surface area contributed by atoms with Crippen LogP contribution < -0.4 is 5.43 Å². The van der Waals surface area contributed by atoms with Crippen molar-refractivity contribution >= 4 is 16.8 Å². The van der Waals surface area contributed by atoms with Crippen LogP contribution in [0.5, 0.6) is 0 Å². The van der Waals surface area contributed by atoms with Gasteiger partial charge in [0.2, 0.25) is 5.91 Å². The molecule has 2 aromatic rings. The molecule has 0 aliphatic carbocycles. The summed E-state index contributed by atoms with van der Waals surface area (Å²) in [5, 5.41) is 0.785. The fourth-order valence-electron chi connectivity index (χ4n) is 5.93. The molecule has 1 aromatic carbocycles. The van der Waals surface area contributed by atoms with Crippen molar-refractivity contribution in [2.75, 3.05) is 19.6 Å². The number of carbonyl (C=O) groups excluding carboxylic acids is 1. The number of aryl methyl sites for hydroxylation is 2. The maximum absolute atomic E-state index is 12.7. The zero-order valence-electron chi connectivity index (χ0n) is 16.8. The first-order valence-corrected chi connectivity index (χ1v) is 10.6. The van der Waals surface area contributed by atoms with E-state index >= 15 is 0 Å². The highest BCUT2D eigenvalue weighted by molar-refractivity contribution is 5.82. The van der Waals surface area contributed by atoms with Gasteiger partial charge in [-0.25, -0.2) is 0 Å². The molecule has 4 heterocycles. The monoisotopic (exact) mass is 379 g/mol. The van der Waals surface area contributed by atoms with E-state index in [1.165, 1.54) is 6.42 Å². The number of pyridine rings is 1. The highest BCUT2D eigenvalue weighted by Gasteiger charge is 2.43. The predicted molar refractivity (Wildman–Crippen MR) is 110 cm³/mol. The molecule has 0 saturated carbocycles. The lowest BCUT2D eigenvalue weighted by Crippen LogP contribution is -2.60. The topological polar surface area (TPSA) is 56.4 Å². The number of aromatic nitrogens is 1. The molecule has 3 saturated heterocycles. The zero-order chi connectivity index (χ0) is 19.4. The number of carbonyl (C=O) groups is 1. The van der Waals surface area contributed by atoms with Crippen LogP contribution in [0.15, 0.2) is 23.0 Å². The van der Waals surface area contributed by atoms with Gasteiger partial charge in [-0.2, -0.15) is 0 Å². The molecule has 3 atom stereocenters. The molecule has 28 heavy (non-hydrogen) atoms. The normalized spacial score (nSPS) is 27.9. The number of rotatable bonds is 2. The van der Waals surface area contributed by atoms with Crippen molar-refractivity contribution in [3.8, 4) is 0 Å². The molecule has 3 aliphatic rings. The SMILES string of the molecule is Cc1cc(C)c2[nH]c(CN3CC4CC(C3)[C@@H]3CCCC(=O)N3C4)cc(=O)c2c1. The molecule has 1 amide bonds. The van der Waals surface area contributed by atoms with Crippen molar-refractivity contribution in [2.24, 2.45) is 11.8 Å². The average Bonchev–Trinajstić information content (AvgIpc) is 2.64. The summed E-state index contributed by atoms with van der Waals surface area (Å²) < 4.78 is 0. The summed E-state index contributed by atoms with van der Waals surface area (Å²) >= 11 is 0. The third kappa shape index (κ3) is 3.06. The smallest absolute Gasteiger partial charge is 0.222 e. The molecule has 5 heteroatoms. The number of fused-ring (bicyclic) bond motifs is 5. The molecular formula is C23H29N3O2. The molecule has 3 aliphatic heterocycles. The molecule has 2 bridgehead atoms. The summed E-state index contributed by atoms with van der Waals surface area (Å²) in [4.78, 5) is 33.2. The van der Waals surface area contributed by atoms with Gasteiger partial charge in [0.25, 0.3) is 0 Å². The average molecular weight is 380 g/mol. The van der Waals surface area contributed by atoms with Gasteiger partial charge in [0.1, 0.15) is 0 Å². The number of hydrogen-bond donors (Lipinski definition) is 1. The van der Waals surface area contributed by atoms with Crippen LogP contribution >= 0.6 is 0 Å². The summed E-state index contributed by atoms with van der Waals surface area (Å²) in [5.41, 5.74) is 4.33. The fourth-order valence-corrected chi connectivity index (χ4v) is 5.93. The lowest BCUT2D eigenvalue weighted by atomic mass is 9.76. The molecule has 5 rings (SSSR count). The van der Waals surface area contributed by atoms with Gasteiger partial charge in [0.15, 0.2) is 5.43 Å². The highest BCUT2D eigenvalue weighted by atomic mass is 16.2. The predicted octanol–water partition coefficient (Wildman–Crippen LogP) is 2.98. The number of aromatic amines is 1. The Bertz CT molecular complexity index is 995. The van der Waals surface area contributed by atoms with E-state index in [-0.39, 0.29) is 5.43 Å². The molecule has 1 N–H and O–H groups in total. The number of H-pyrrole nitrogens is 1. The number of likely N-dealkylation sites (tertiary alicyclic amines) is 1. The van der Waals surface area contributed by atoms with Crippen LogP contribution in [0.25, 0.3) is 10.9 Å². The number of amides is 1. The van der Waals surface area contributed by atoms with Gasteiger partial charge < -0.3 is 9.88 Å². The molecule has 2 unspecified atom stereocenters. The molecule has 148 valence electrons. The van der Waals surface area contributed by atoms with Crippen molar-refractivity contribution in [3.63, 3.8) is 0 Å². The molecule has 0 radical (unpaired) electrons. The van der Waals surface area contributed by atoms with Gasteiger partial charge in [0, 0.05) is 55.8 Å². The minimum absolute atomic E-state index is 0.108. The Hall–Kier alpha value is -2.14. The second-order valence-corrected chi connectivity index (χ2v) is 9.22. The summed E-state index contributed by atoms with van der Waals surface area (Å²) in [7, 11) is 0. The Morgan fingerprint density at radius 1 is 1.11 bits per heavy atom. The van der Waals surface area contributed by atoms with Crippen LogP contribution in [0.1, 0.15) is 42.5 Å². The first-order chi connectivity index (χ1) is 13.5. The third-order valence-electron chi connectivity index (χ3n) is 6.99. The van der Waals surface area contributed by atoms with Crippen LogP contribution in [-0.2, 0) is 11.3 Å². The van der Waals surface area contributed by atoms with E-state index in [2.05, 4.69) is 27.8 Å². The lowest BCUT2D eigenvalue weighted by Gasteiger charge is -2.52. The Kier molecular flexibility index (Phi) is 4.31. The van der Waals surface area contributed by atoms with E-state index in [9.17, 15) is 9.59 Å². The first kappa shape index (κ1) is 17.9. The van der Waals surface area contributed by atoms with Crippen LogP contribution in [-0.4, -0.2) is 46.4 Å².